The SMILES string of the molecule is CC(=[N+]=[N-])c1ccco1. The zero-order valence-electron chi connectivity index (χ0n) is 5.03. The van der Waals surface area contributed by atoms with E-state index < -0.39 is 0 Å². The summed E-state index contributed by atoms with van der Waals surface area (Å²) in [6.45, 7) is 1.67. The molecule has 0 amide bonds. The molecular weight excluding hydrogens is 116 g/mol. The van der Waals surface area contributed by atoms with Gasteiger partial charge in [-0.05, 0) is 12.1 Å². The van der Waals surface area contributed by atoms with Crippen molar-refractivity contribution in [2.24, 2.45) is 0 Å². The molecule has 0 bridgehead atoms. The predicted molar refractivity (Wildman–Crippen MR) is 32.1 cm³/mol. The van der Waals surface area contributed by atoms with Crippen molar-refractivity contribution < 1.29 is 9.21 Å². The van der Waals surface area contributed by atoms with Crippen LogP contribution in [0.1, 0.15) is 12.7 Å². The summed E-state index contributed by atoms with van der Waals surface area (Å²) in [7, 11) is 0. The molecule has 0 radical (unpaired) electrons. The van der Waals surface area contributed by atoms with Crippen molar-refractivity contribution in [3.05, 3.63) is 29.7 Å². The van der Waals surface area contributed by atoms with Crippen LogP contribution in [0.2, 0.25) is 0 Å². The van der Waals surface area contributed by atoms with E-state index in [4.69, 9.17) is 9.95 Å². The molecule has 0 aliphatic carbocycles. The highest BCUT2D eigenvalue weighted by atomic mass is 16.3. The summed E-state index contributed by atoms with van der Waals surface area (Å²) in [6.07, 6.45) is 1.53. The first-order chi connectivity index (χ1) is 4.34. The van der Waals surface area contributed by atoms with Crippen LogP contribution < -0.4 is 0 Å². The number of nitrogens with zero attached hydrogens (tertiary/aromatic N) is 2. The Bertz CT molecular complexity index is 232. The highest BCUT2D eigenvalue weighted by Crippen LogP contribution is 1.98. The number of hydrogen-bond donors (Lipinski definition) is 0. The second kappa shape index (κ2) is 2.29. The fourth-order valence-electron chi connectivity index (χ4n) is 0.534. The summed E-state index contributed by atoms with van der Waals surface area (Å²) < 4.78 is 4.90. The minimum absolute atomic E-state index is 0.486. The summed E-state index contributed by atoms with van der Waals surface area (Å²) >= 11 is 0. The molecule has 1 heterocycles. The Morgan fingerprint density at radius 1 is 1.78 bits per heavy atom. The van der Waals surface area contributed by atoms with Gasteiger partial charge in [0.15, 0.2) is 0 Å². The molecule has 1 aromatic heterocycles. The third-order valence-corrected chi connectivity index (χ3v) is 1.03. The van der Waals surface area contributed by atoms with Crippen LogP contribution in [-0.2, 0) is 0 Å². The molecule has 3 nitrogen and oxygen atoms in total. The largest absolute Gasteiger partial charge is 0.457 e. The van der Waals surface area contributed by atoms with Crippen molar-refractivity contribution in [2.45, 2.75) is 6.92 Å². The van der Waals surface area contributed by atoms with E-state index in [0.717, 1.165) is 0 Å². The Labute approximate surface area is 52.5 Å². The molecule has 0 aliphatic rings. The van der Waals surface area contributed by atoms with Gasteiger partial charge in [-0.2, -0.15) is 4.79 Å². The predicted octanol–water partition coefficient (Wildman–Crippen LogP) is 1.32. The van der Waals surface area contributed by atoms with Crippen LogP contribution in [0.5, 0.6) is 0 Å². The maximum absolute atomic E-state index is 8.23. The molecule has 0 aromatic carbocycles. The van der Waals surface area contributed by atoms with Crippen molar-refractivity contribution >= 4 is 5.71 Å². The number of rotatable bonds is 1. The average Bonchev–Trinajstić information content (AvgIpc) is 2.37. The van der Waals surface area contributed by atoms with Gasteiger partial charge < -0.3 is 9.95 Å². The fourth-order valence-corrected chi connectivity index (χ4v) is 0.534. The van der Waals surface area contributed by atoms with E-state index in [0.29, 0.717) is 11.5 Å². The normalized spacial score (nSPS) is 8.56. The first kappa shape index (κ1) is 5.79. The van der Waals surface area contributed by atoms with Gasteiger partial charge >= 0.3 is 5.71 Å². The Morgan fingerprint density at radius 3 is 3.00 bits per heavy atom. The van der Waals surface area contributed by atoms with Crippen LogP contribution in [0.4, 0.5) is 0 Å². The first-order valence-electron chi connectivity index (χ1n) is 2.57. The van der Waals surface area contributed by atoms with Gasteiger partial charge in [0.25, 0.3) is 0 Å². The highest BCUT2D eigenvalue weighted by Gasteiger charge is 2.04. The van der Waals surface area contributed by atoms with Crippen LogP contribution in [0, 0.1) is 0 Å². The van der Waals surface area contributed by atoms with Gasteiger partial charge in [0.1, 0.15) is 0 Å². The van der Waals surface area contributed by atoms with E-state index in [-0.39, 0.29) is 0 Å². The quantitative estimate of drug-likeness (QED) is 0.315. The smallest absolute Gasteiger partial charge is 0.330 e. The summed E-state index contributed by atoms with van der Waals surface area (Å²) in [5.41, 5.74) is 8.72. The molecule has 0 spiro atoms. The third kappa shape index (κ3) is 1.06. The van der Waals surface area contributed by atoms with E-state index in [9.17, 15) is 0 Å². The monoisotopic (exact) mass is 122 g/mol. The van der Waals surface area contributed by atoms with Gasteiger partial charge in [-0.3, -0.25) is 0 Å². The minimum atomic E-state index is 0.486. The number of furan rings is 1. The Kier molecular flexibility index (Phi) is 1.47. The molecule has 1 rings (SSSR count). The molecule has 0 fully saturated rings. The van der Waals surface area contributed by atoms with Gasteiger partial charge in [-0.15, -0.1) is 0 Å². The Balaban J connectivity index is 3.03. The van der Waals surface area contributed by atoms with Crippen molar-refractivity contribution in [2.75, 3.05) is 0 Å². The van der Waals surface area contributed by atoms with Gasteiger partial charge in [0.05, 0.1) is 6.26 Å². The summed E-state index contributed by atoms with van der Waals surface area (Å²) in [4.78, 5) is 2.95. The van der Waals surface area contributed by atoms with E-state index in [1.54, 1.807) is 19.1 Å². The molecule has 9 heavy (non-hydrogen) atoms. The van der Waals surface area contributed by atoms with Gasteiger partial charge in [0, 0.05) is 6.92 Å². The lowest BCUT2D eigenvalue weighted by atomic mass is 10.3. The molecule has 1 aromatic rings. The molecular formula is C6H6N2O. The molecule has 0 saturated heterocycles. The van der Waals surface area contributed by atoms with E-state index in [2.05, 4.69) is 4.79 Å². The average molecular weight is 122 g/mol. The molecule has 0 atom stereocenters. The highest BCUT2D eigenvalue weighted by molar-refractivity contribution is 5.91. The van der Waals surface area contributed by atoms with Crippen LogP contribution in [0.25, 0.3) is 5.53 Å². The van der Waals surface area contributed by atoms with Gasteiger partial charge in [-0.25, -0.2) is 0 Å². The van der Waals surface area contributed by atoms with Crippen molar-refractivity contribution in [1.82, 2.24) is 0 Å². The summed E-state index contributed by atoms with van der Waals surface area (Å²) in [5.74, 6) is 0.595. The third-order valence-electron chi connectivity index (χ3n) is 1.03. The maximum Gasteiger partial charge on any atom is 0.330 e. The topological polar surface area (TPSA) is 49.5 Å². The summed E-state index contributed by atoms with van der Waals surface area (Å²) in [6, 6.07) is 3.47. The maximum atomic E-state index is 8.23. The zero-order chi connectivity index (χ0) is 6.69. The fraction of sp³-hybridized carbons (Fsp3) is 0.167. The molecule has 0 unspecified atom stereocenters. The molecule has 0 aliphatic heterocycles. The lowest BCUT2D eigenvalue weighted by Crippen LogP contribution is -1.90. The van der Waals surface area contributed by atoms with Gasteiger partial charge in [-0.1, -0.05) is 0 Å². The molecule has 3 heteroatoms. The van der Waals surface area contributed by atoms with Gasteiger partial charge in [0.2, 0.25) is 5.76 Å². The van der Waals surface area contributed by atoms with Crippen molar-refractivity contribution in [3.63, 3.8) is 0 Å². The zero-order valence-corrected chi connectivity index (χ0v) is 5.03. The second-order valence-corrected chi connectivity index (χ2v) is 1.66. The van der Waals surface area contributed by atoms with E-state index in [1.807, 2.05) is 0 Å². The van der Waals surface area contributed by atoms with Crippen LogP contribution in [0.3, 0.4) is 0 Å². The van der Waals surface area contributed by atoms with Crippen LogP contribution in [-0.4, -0.2) is 10.5 Å². The van der Waals surface area contributed by atoms with Crippen molar-refractivity contribution in [1.29, 1.82) is 0 Å². The van der Waals surface area contributed by atoms with Crippen molar-refractivity contribution in [3.8, 4) is 0 Å². The number of hydrogen-bond acceptors (Lipinski definition) is 1. The Morgan fingerprint density at radius 2 is 2.56 bits per heavy atom. The molecule has 46 valence electrons. The standard InChI is InChI=1S/C6H6N2O/c1-5(8-7)6-3-2-4-9-6/h2-4H,1H3. The van der Waals surface area contributed by atoms with Crippen LogP contribution >= 0.6 is 0 Å². The lowest BCUT2D eigenvalue weighted by molar-refractivity contribution is -0.00631. The second-order valence-electron chi connectivity index (χ2n) is 1.66. The molecule has 0 saturated carbocycles. The minimum Gasteiger partial charge on any atom is -0.457 e. The lowest BCUT2D eigenvalue weighted by Gasteiger charge is -1.76. The van der Waals surface area contributed by atoms with E-state index >= 15 is 0 Å². The van der Waals surface area contributed by atoms with Crippen LogP contribution in [0.15, 0.2) is 22.8 Å². The first-order valence-corrected chi connectivity index (χ1v) is 2.57. The van der Waals surface area contributed by atoms with E-state index in [1.165, 1.54) is 6.26 Å². The molecule has 0 N–H and O–H groups in total. The Hall–Kier alpha value is -1.34. The summed E-state index contributed by atoms with van der Waals surface area (Å²) in [5, 5.41) is 0.